The Balaban J connectivity index is 1.73. The average molecular weight is 318 g/mol. The van der Waals surface area contributed by atoms with Gasteiger partial charge < -0.3 is 0 Å². The highest BCUT2D eigenvalue weighted by Crippen LogP contribution is 2.24. The highest BCUT2D eigenvalue weighted by Gasteiger charge is 2.14. The molecule has 0 atom stereocenters. The molecule has 2 aromatic carbocycles. The zero-order valence-electron chi connectivity index (χ0n) is 12.7. The summed E-state index contributed by atoms with van der Waals surface area (Å²) in [5, 5.41) is 10.4. The van der Waals surface area contributed by atoms with Gasteiger partial charge in [-0.25, -0.2) is 9.67 Å². The molecule has 2 aromatic heterocycles. The van der Waals surface area contributed by atoms with E-state index in [4.69, 9.17) is 0 Å². The Morgan fingerprint density at radius 3 is 2.62 bits per heavy atom. The summed E-state index contributed by atoms with van der Waals surface area (Å²) in [5.74, 6) is 0.264. The molecule has 4 aromatic rings. The largest absolute Gasteiger partial charge is 0.294 e. The second-order valence-electron chi connectivity index (χ2n) is 5.24. The number of anilines is 1. The minimum Gasteiger partial charge on any atom is -0.294 e. The zero-order valence-corrected chi connectivity index (χ0v) is 12.7. The Hall–Kier alpha value is -3.48. The predicted octanol–water partition coefficient (Wildman–Crippen LogP) is 2.26. The number of rotatable bonds is 4. The third-order valence-electron chi connectivity index (χ3n) is 3.60. The van der Waals surface area contributed by atoms with E-state index in [1.165, 1.54) is 10.9 Å². The van der Waals surface area contributed by atoms with E-state index in [0.717, 1.165) is 16.7 Å². The standard InChI is InChI=1S/C17H14N6O/c24-16(12-22-11-10-18-21-22)20-17-19-14-8-4-5-9-15(14)23(17)13-6-2-1-3-7-13/h1-11H,12H2,(H,19,20,24). The van der Waals surface area contributed by atoms with E-state index >= 15 is 0 Å². The molecular weight excluding hydrogens is 304 g/mol. The molecular formula is C17H14N6O. The van der Waals surface area contributed by atoms with Crippen molar-refractivity contribution in [1.29, 1.82) is 0 Å². The van der Waals surface area contributed by atoms with Crippen molar-refractivity contribution in [3.05, 3.63) is 67.0 Å². The van der Waals surface area contributed by atoms with Crippen molar-refractivity contribution in [2.75, 3.05) is 5.32 Å². The highest BCUT2D eigenvalue weighted by atomic mass is 16.2. The number of amides is 1. The fraction of sp³-hybridized carbons (Fsp3) is 0.0588. The van der Waals surface area contributed by atoms with Crippen LogP contribution in [0.25, 0.3) is 16.7 Å². The molecule has 1 N–H and O–H groups in total. The molecule has 2 heterocycles. The first-order valence-corrected chi connectivity index (χ1v) is 7.48. The minimum atomic E-state index is -0.215. The molecule has 0 saturated heterocycles. The van der Waals surface area contributed by atoms with E-state index in [9.17, 15) is 4.79 Å². The lowest BCUT2D eigenvalue weighted by Gasteiger charge is -2.10. The van der Waals surface area contributed by atoms with Gasteiger partial charge in [0.15, 0.2) is 0 Å². The van der Waals surface area contributed by atoms with E-state index in [1.54, 1.807) is 6.20 Å². The summed E-state index contributed by atoms with van der Waals surface area (Å²) in [4.78, 5) is 16.8. The van der Waals surface area contributed by atoms with E-state index in [-0.39, 0.29) is 12.5 Å². The number of nitrogens with one attached hydrogen (secondary N) is 1. The Morgan fingerprint density at radius 1 is 1.04 bits per heavy atom. The molecule has 0 bridgehead atoms. The van der Waals surface area contributed by atoms with Gasteiger partial charge in [-0.2, -0.15) is 0 Å². The fourth-order valence-corrected chi connectivity index (χ4v) is 2.58. The maximum absolute atomic E-state index is 12.3. The van der Waals surface area contributed by atoms with Crippen LogP contribution in [-0.4, -0.2) is 30.5 Å². The summed E-state index contributed by atoms with van der Waals surface area (Å²) in [6.45, 7) is 0.0813. The summed E-state index contributed by atoms with van der Waals surface area (Å²) in [7, 11) is 0. The van der Waals surface area contributed by atoms with Crippen molar-refractivity contribution in [2.24, 2.45) is 0 Å². The van der Waals surface area contributed by atoms with Gasteiger partial charge in [0.25, 0.3) is 0 Å². The number of benzene rings is 2. The predicted molar refractivity (Wildman–Crippen MR) is 89.7 cm³/mol. The molecule has 0 aliphatic heterocycles. The van der Waals surface area contributed by atoms with Crippen molar-refractivity contribution in [3.8, 4) is 5.69 Å². The van der Waals surface area contributed by atoms with Crippen molar-refractivity contribution < 1.29 is 4.79 Å². The topological polar surface area (TPSA) is 77.6 Å². The Labute approximate surface area is 137 Å². The van der Waals surface area contributed by atoms with Gasteiger partial charge in [0.2, 0.25) is 11.9 Å². The molecule has 0 fully saturated rings. The quantitative estimate of drug-likeness (QED) is 0.626. The maximum atomic E-state index is 12.3. The molecule has 0 aliphatic rings. The molecule has 0 spiro atoms. The van der Waals surface area contributed by atoms with Crippen LogP contribution in [0.2, 0.25) is 0 Å². The number of para-hydroxylation sites is 3. The third kappa shape index (κ3) is 2.63. The summed E-state index contributed by atoms with van der Waals surface area (Å²) in [6.07, 6.45) is 3.17. The Morgan fingerprint density at radius 2 is 1.83 bits per heavy atom. The van der Waals surface area contributed by atoms with Crippen LogP contribution in [0.1, 0.15) is 0 Å². The summed E-state index contributed by atoms with van der Waals surface area (Å²) < 4.78 is 3.39. The molecule has 7 nitrogen and oxygen atoms in total. The van der Waals surface area contributed by atoms with Crippen LogP contribution in [-0.2, 0) is 11.3 Å². The molecule has 118 valence electrons. The van der Waals surface area contributed by atoms with Gasteiger partial charge >= 0.3 is 0 Å². The Kier molecular flexibility index (Phi) is 3.51. The van der Waals surface area contributed by atoms with Crippen molar-refractivity contribution in [3.63, 3.8) is 0 Å². The van der Waals surface area contributed by atoms with Crippen molar-refractivity contribution >= 4 is 22.9 Å². The minimum absolute atomic E-state index is 0.0813. The molecule has 4 rings (SSSR count). The molecule has 0 unspecified atom stereocenters. The van der Waals surface area contributed by atoms with Gasteiger partial charge in [0.05, 0.1) is 17.2 Å². The van der Waals surface area contributed by atoms with Gasteiger partial charge in [-0.3, -0.25) is 14.7 Å². The van der Waals surface area contributed by atoms with Crippen LogP contribution in [0, 0.1) is 0 Å². The zero-order chi connectivity index (χ0) is 16.4. The summed E-state index contributed by atoms with van der Waals surface area (Å²) in [5.41, 5.74) is 2.68. The first kappa shape index (κ1) is 14.1. The first-order chi connectivity index (χ1) is 11.8. The number of carbonyl (C=O) groups excluding carboxylic acids is 1. The van der Waals surface area contributed by atoms with Crippen LogP contribution in [0.3, 0.4) is 0 Å². The van der Waals surface area contributed by atoms with Gasteiger partial charge in [-0.1, -0.05) is 35.5 Å². The van der Waals surface area contributed by atoms with Gasteiger partial charge in [0, 0.05) is 11.9 Å². The molecule has 0 aliphatic carbocycles. The van der Waals surface area contributed by atoms with Crippen LogP contribution >= 0.6 is 0 Å². The maximum Gasteiger partial charge on any atom is 0.248 e. The smallest absolute Gasteiger partial charge is 0.248 e. The lowest BCUT2D eigenvalue weighted by Crippen LogP contribution is -2.21. The van der Waals surface area contributed by atoms with Crippen molar-refractivity contribution in [1.82, 2.24) is 24.5 Å². The van der Waals surface area contributed by atoms with E-state index in [1.807, 2.05) is 59.2 Å². The van der Waals surface area contributed by atoms with Crippen LogP contribution in [0.15, 0.2) is 67.0 Å². The van der Waals surface area contributed by atoms with Gasteiger partial charge in [0.1, 0.15) is 6.54 Å². The number of hydrogen-bond donors (Lipinski definition) is 1. The first-order valence-electron chi connectivity index (χ1n) is 7.48. The second kappa shape index (κ2) is 5.96. The number of imidazole rings is 1. The van der Waals surface area contributed by atoms with Crippen LogP contribution in [0.4, 0.5) is 5.95 Å². The van der Waals surface area contributed by atoms with E-state index in [2.05, 4.69) is 20.6 Å². The lowest BCUT2D eigenvalue weighted by atomic mass is 10.3. The lowest BCUT2D eigenvalue weighted by molar-refractivity contribution is -0.117. The third-order valence-corrected chi connectivity index (χ3v) is 3.60. The monoisotopic (exact) mass is 318 g/mol. The number of fused-ring (bicyclic) bond motifs is 1. The number of hydrogen-bond acceptors (Lipinski definition) is 4. The summed E-state index contributed by atoms with van der Waals surface area (Å²) in [6, 6.07) is 17.6. The molecule has 7 heteroatoms. The van der Waals surface area contributed by atoms with Gasteiger partial charge in [-0.05, 0) is 24.3 Å². The normalized spacial score (nSPS) is 10.8. The summed E-state index contributed by atoms with van der Waals surface area (Å²) >= 11 is 0. The average Bonchev–Trinajstić information content (AvgIpc) is 3.22. The van der Waals surface area contributed by atoms with Gasteiger partial charge in [-0.15, -0.1) is 5.10 Å². The second-order valence-corrected chi connectivity index (χ2v) is 5.24. The SMILES string of the molecule is O=C(Cn1ccnn1)Nc1nc2ccccc2n1-c1ccccc1. The Bertz CT molecular complexity index is 975. The number of nitrogens with zero attached hydrogens (tertiary/aromatic N) is 5. The van der Waals surface area contributed by atoms with Crippen molar-refractivity contribution in [2.45, 2.75) is 6.54 Å². The fourth-order valence-electron chi connectivity index (χ4n) is 2.58. The van der Waals surface area contributed by atoms with E-state index < -0.39 is 0 Å². The molecule has 1 amide bonds. The number of aromatic nitrogens is 5. The van der Waals surface area contributed by atoms with Crippen LogP contribution in [0.5, 0.6) is 0 Å². The molecule has 0 saturated carbocycles. The highest BCUT2D eigenvalue weighted by molar-refractivity contribution is 5.92. The molecule has 0 radical (unpaired) electrons. The van der Waals surface area contributed by atoms with E-state index in [0.29, 0.717) is 5.95 Å². The van der Waals surface area contributed by atoms with Crippen LogP contribution < -0.4 is 5.32 Å². The molecule has 24 heavy (non-hydrogen) atoms. The number of carbonyl (C=O) groups is 1.